The molecular formula is C22H23N3O4S. The minimum atomic E-state index is -0.203. The Morgan fingerprint density at radius 1 is 0.967 bits per heavy atom. The molecular weight excluding hydrogens is 402 g/mol. The molecule has 0 aliphatic heterocycles. The van der Waals surface area contributed by atoms with Crippen LogP contribution >= 0.6 is 11.8 Å². The van der Waals surface area contributed by atoms with Gasteiger partial charge in [-0.25, -0.2) is 9.97 Å². The Labute approximate surface area is 179 Å². The van der Waals surface area contributed by atoms with Crippen molar-refractivity contribution in [3.8, 4) is 23.1 Å². The summed E-state index contributed by atoms with van der Waals surface area (Å²) in [7, 11) is 0. The standard InChI is InChI=1S/C22H23N3O4S/c1-3-27-17-10-11-19(28-4-2)18(14-17)25-20(26)15-30-22-21(23-12-13-24-22)29-16-8-6-5-7-9-16/h5-14H,3-4,15H2,1-2H3,(H,25,26). The summed E-state index contributed by atoms with van der Waals surface area (Å²) < 4.78 is 16.9. The average Bonchev–Trinajstić information content (AvgIpc) is 2.76. The molecule has 8 heteroatoms. The van der Waals surface area contributed by atoms with Gasteiger partial charge in [0.25, 0.3) is 5.88 Å². The topological polar surface area (TPSA) is 82.6 Å². The number of amides is 1. The van der Waals surface area contributed by atoms with Gasteiger partial charge in [0.2, 0.25) is 5.91 Å². The first-order chi connectivity index (χ1) is 14.7. The van der Waals surface area contributed by atoms with Gasteiger partial charge in [0.1, 0.15) is 17.2 Å². The first-order valence-corrected chi connectivity index (χ1v) is 10.5. The smallest absolute Gasteiger partial charge is 0.252 e. The molecule has 1 heterocycles. The first-order valence-electron chi connectivity index (χ1n) is 9.55. The van der Waals surface area contributed by atoms with Crippen molar-refractivity contribution in [2.24, 2.45) is 0 Å². The number of anilines is 1. The van der Waals surface area contributed by atoms with E-state index >= 15 is 0 Å². The maximum atomic E-state index is 12.6. The van der Waals surface area contributed by atoms with Crippen LogP contribution in [0, 0.1) is 0 Å². The molecule has 3 aromatic rings. The lowest BCUT2D eigenvalue weighted by Crippen LogP contribution is -2.15. The Bertz CT molecular complexity index is 970. The van der Waals surface area contributed by atoms with E-state index in [1.807, 2.05) is 50.2 Å². The first kappa shape index (κ1) is 21.4. The number of ether oxygens (including phenoxy) is 3. The van der Waals surface area contributed by atoms with Crippen LogP contribution in [0.1, 0.15) is 13.8 Å². The number of nitrogens with zero attached hydrogens (tertiary/aromatic N) is 2. The van der Waals surface area contributed by atoms with Gasteiger partial charge in [-0.3, -0.25) is 4.79 Å². The van der Waals surface area contributed by atoms with Crippen LogP contribution in [0.3, 0.4) is 0 Å². The van der Waals surface area contributed by atoms with Crippen LogP contribution in [0.5, 0.6) is 23.1 Å². The van der Waals surface area contributed by atoms with Crippen molar-refractivity contribution in [3.05, 3.63) is 60.9 Å². The number of para-hydroxylation sites is 1. The number of hydrogen-bond donors (Lipinski definition) is 1. The molecule has 0 aliphatic carbocycles. The van der Waals surface area contributed by atoms with Crippen LogP contribution in [0.4, 0.5) is 5.69 Å². The molecule has 0 spiro atoms. The normalized spacial score (nSPS) is 10.3. The SMILES string of the molecule is CCOc1ccc(OCC)c(NC(=O)CSc2nccnc2Oc2ccccc2)c1. The Morgan fingerprint density at radius 3 is 2.50 bits per heavy atom. The van der Waals surface area contributed by atoms with Gasteiger partial charge >= 0.3 is 0 Å². The number of rotatable bonds is 10. The van der Waals surface area contributed by atoms with Crippen molar-refractivity contribution >= 4 is 23.4 Å². The number of carbonyl (C=O) groups excluding carboxylic acids is 1. The molecule has 1 amide bonds. The molecule has 3 rings (SSSR count). The number of nitrogens with one attached hydrogen (secondary N) is 1. The summed E-state index contributed by atoms with van der Waals surface area (Å²) in [6.07, 6.45) is 3.12. The summed E-state index contributed by atoms with van der Waals surface area (Å²) in [6.45, 7) is 4.82. The van der Waals surface area contributed by atoms with Crippen molar-refractivity contribution in [3.63, 3.8) is 0 Å². The third-order valence-electron chi connectivity index (χ3n) is 3.77. The van der Waals surface area contributed by atoms with Crippen LogP contribution in [-0.2, 0) is 4.79 Å². The van der Waals surface area contributed by atoms with E-state index in [1.165, 1.54) is 11.8 Å². The van der Waals surface area contributed by atoms with Crippen LogP contribution in [0.25, 0.3) is 0 Å². The Kier molecular flexibility index (Phi) is 7.91. The molecule has 2 aromatic carbocycles. The fourth-order valence-electron chi connectivity index (χ4n) is 2.55. The summed E-state index contributed by atoms with van der Waals surface area (Å²) in [5.74, 6) is 2.19. The molecule has 1 aromatic heterocycles. The van der Waals surface area contributed by atoms with Crippen molar-refractivity contribution in [2.75, 3.05) is 24.3 Å². The van der Waals surface area contributed by atoms with Crippen LogP contribution in [0.15, 0.2) is 66.0 Å². The third kappa shape index (κ3) is 6.12. The highest BCUT2D eigenvalue weighted by atomic mass is 32.2. The van der Waals surface area contributed by atoms with E-state index in [9.17, 15) is 4.79 Å². The maximum Gasteiger partial charge on any atom is 0.252 e. The summed E-state index contributed by atoms with van der Waals surface area (Å²) in [5, 5.41) is 3.41. The van der Waals surface area contributed by atoms with E-state index in [1.54, 1.807) is 24.5 Å². The molecule has 0 bridgehead atoms. The van der Waals surface area contributed by atoms with E-state index in [2.05, 4.69) is 15.3 Å². The second-order valence-corrected chi connectivity index (χ2v) is 6.91. The summed E-state index contributed by atoms with van der Waals surface area (Å²) in [4.78, 5) is 21.1. The lowest BCUT2D eigenvalue weighted by molar-refractivity contribution is -0.113. The second-order valence-electron chi connectivity index (χ2n) is 5.94. The monoisotopic (exact) mass is 425 g/mol. The summed E-state index contributed by atoms with van der Waals surface area (Å²) in [6, 6.07) is 14.7. The van der Waals surface area contributed by atoms with E-state index in [0.29, 0.717) is 47.1 Å². The van der Waals surface area contributed by atoms with Gasteiger partial charge < -0.3 is 19.5 Å². The molecule has 0 unspecified atom stereocenters. The average molecular weight is 426 g/mol. The zero-order valence-corrected chi connectivity index (χ0v) is 17.6. The highest BCUT2D eigenvalue weighted by Crippen LogP contribution is 2.31. The van der Waals surface area contributed by atoms with Gasteiger partial charge in [0.15, 0.2) is 5.03 Å². The highest BCUT2D eigenvalue weighted by Gasteiger charge is 2.14. The second kappa shape index (κ2) is 11.1. The molecule has 0 fully saturated rings. The van der Waals surface area contributed by atoms with Crippen molar-refractivity contribution in [1.82, 2.24) is 9.97 Å². The van der Waals surface area contributed by atoms with Crippen LogP contribution in [0.2, 0.25) is 0 Å². The van der Waals surface area contributed by atoms with Crippen molar-refractivity contribution < 1.29 is 19.0 Å². The number of benzene rings is 2. The van der Waals surface area contributed by atoms with E-state index in [0.717, 1.165) is 0 Å². The Hall–Kier alpha value is -3.26. The fourth-order valence-corrected chi connectivity index (χ4v) is 3.24. The van der Waals surface area contributed by atoms with Gasteiger partial charge in [-0.15, -0.1) is 0 Å². The van der Waals surface area contributed by atoms with Gasteiger partial charge in [-0.2, -0.15) is 0 Å². The lowest BCUT2D eigenvalue weighted by atomic mass is 10.2. The number of thioether (sulfide) groups is 1. The highest BCUT2D eigenvalue weighted by molar-refractivity contribution is 8.00. The van der Waals surface area contributed by atoms with E-state index in [4.69, 9.17) is 14.2 Å². The van der Waals surface area contributed by atoms with Crippen molar-refractivity contribution in [1.29, 1.82) is 0 Å². The fraction of sp³-hybridized carbons (Fsp3) is 0.227. The Balaban J connectivity index is 1.66. The molecule has 7 nitrogen and oxygen atoms in total. The van der Waals surface area contributed by atoms with Crippen LogP contribution in [-0.4, -0.2) is 34.8 Å². The molecule has 1 N–H and O–H groups in total. The number of hydrogen-bond acceptors (Lipinski definition) is 7. The maximum absolute atomic E-state index is 12.6. The van der Waals surface area contributed by atoms with Gasteiger partial charge in [-0.05, 0) is 38.1 Å². The minimum Gasteiger partial charge on any atom is -0.494 e. The molecule has 30 heavy (non-hydrogen) atoms. The van der Waals surface area contributed by atoms with Gasteiger partial charge in [-0.1, -0.05) is 30.0 Å². The number of aromatic nitrogens is 2. The predicted octanol–water partition coefficient (Wildman–Crippen LogP) is 4.80. The predicted molar refractivity (Wildman–Crippen MR) is 117 cm³/mol. The summed E-state index contributed by atoms with van der Waals surface area (Å²) >= 11 is 1.24. The molecule has 156 valence electrons. The Morgan fingerprint density at radius 2 is 1.73 bits per heavy atom. The lowest BCUT2D eigenvalue weighted by Gasteiger charge is -2.13. The zero-order chi connectivity index (χ0) is 21.2. The van der Waals surface area contributed by atoms with Crippen molar-refractivity contribution in [2.45, 2.75) is 18.9 Å². The molecule has 0 aliphatic rings. The van der Waals surface area contributed by atoms with Gasteiger partial charge in [0, 0.05) is 18.5 Å². The summed E-state index contributed by atoms with van der Waals surface area (Å²) in [5.41, 5.74) is 0.563. The molecule has 0 saturated carbocycles. The largest absolute Gasteiger partial charge is 0.494 e. The van der Waals surface area contributed by atoms with Crippen LogP contribution < -0.4 is 19.5 Å². The third-order valence-corrected chi connectivity index (χ3v) is 4.73. The number of carbonyl (C=O) groups is 1. The van der Waals surface area contributed by atoms with Gasteiger partial charge in [0.05, 0.1) is 24.7 Å². The molecule has 0 saturated heterocycles. The minimum absolute atomic E-state index is 0.133. The van der Waals surface area contributed by atoms with E-state index in [-0.39, 0.29) is 11.7 Å². The zero-order valence-electron chi connectivity index (χ0n) is 16.8. The molecule has 0 atom stereocenters. The quantitative estimate of drug-likeness (QED) is 0.467. The van der Waals surface area contributed by atoms with E-state index < -0.39 is 0 Å². The molecule has 0 radical (unpaired) electrons.